The molecule has 15 heavy (non-hydrogen) atoms. The van der Waals surface area contributed by atoms with Crippen LogP contribution < -0.4 is 0 Å². The number of nitrogens with zero attached hydrogens (tertiary/aromatic N) is 1. The summed E-state index contributed by atoms with van der Waals surface area (Å²) in [7, 11) is 6.36. The van der Waals surface area contributed by atoms with E-state index >= 15 is 0 Å². The topological polar surface area (TPSA) is 26.3 Å². The minimum atomic E-state index is -0.159. The van der Waals surface area contributed by atoms with Crippen molar-refractivity contribution in [3.63, 3.8) is 0 Å². The van der Waals surface area contributed by atoms with Crippen LogP contribution in [0.2, 0.25) is 0 Å². The van der Waals surface area contributed by atoms with Crippen LogP contribution in [0.15, 0.2) is 11.6 Å². The van der Waals surface area contributed by atoms with Crippen LogP contribution in [-0.4, -0.2) is 44.7 Å². The number of carbonyl (C=O) groups is 1. The second-order valence-corrected chi connectivity index (χ2v) is 4.62. The van der Waals surface area contributed by atoms with Gasteiger partial charge in [-0.2, -0.15) is 0 Å². The molecular formula is C12H24NO2+. The average Bonchev–Trinajstić information content (AvgIpc) is 2.11. The van der Waals surface area contributed by atoms with Gasteiger partial charge in [-0.3, -0.25) is 0 Å². The van der Waals surface area contributed by atoms with Crippen LogP contribution in [0.5, 0.6) is 0 Å². The van der Waals surface area contributed by atoms with E-state index in [0.717, 1.165) is 29.4 Å². The van der Waals surface area contributed by atoms with Gasteiger partial charge in [0.15, 0.2) is 0 Å². The monoisotopic (exact) mass is 214 g/mol. The summed E-state index contributed by atoms with van der Waals surface area (Å²) >= 11 is 0. The Morgan fingerprint density at radius 3 is 2.27 bits per heavy atom. The van der Waals surface area contributed by atoms with Crippen LogP contribution in [0.4, 0.5) is 0 Å². The molecule has 3 nitrogen and oxygen atoms in total. The van der Waals surface area contributed by atoms with Crippen LogP contribution in [0.3, 0.4) is 0 Å². The third-order valence-electron chi connectivity index (χ3n) is 2.04. The molecule has 0 rings (SSSR count). The lowest BCUT2D eigenvalue weighted by Gasteiger charge is -2.24. The van der Waals surface area contributed by atoms with E-state index in [1.54, 1.807) is 0 Å². The number of rotatable bonds is 6. The van der Waals surface area contributed by atoms with Crippen LogP contribution in [0, 0.1) is 0 Å². The standard InChI is InChI=1S/C12H24NO2/c1-6-8-11(12(14)15-7-2)9-10-13(3,4)5/h8H,6-7,9-10H2,1-5H3/q+1. The fraction of sp³-hybridized carbons (Fsp3) is 0.750. The zero-order valence-electron chi connectivity index (χ0n) is 10.7. The molecule has 0 fully saturated rings. The molecule has 0 aromatic carbocycles. The minimum absolute atomic E-state index is 0.159. The quantitative estimate of drug-likeness (QED) is 0.384. The maximum atomic E-state index is 11.6. The molecule has 0 N–H and O–H groups in total. The van der Waals surface area contributed by atoms with Crippen molar-refractivity contribution in [2.75, 3.05) is 34.3 Å². The highest BCUT2D eigenvalue weighted by Crippen LogP contribution is 2.08. The van der Waals surface area contributed by atoms with E-state index < -0.39 is 0 Å². The van der Waals surface area contributed by atoms with Gasteiger partial charge in [0, 0.05) is 12.0 Å². The number of hydrogen-bond donors (Lipinski definition) is 0. The summed E-state index contributed by atoms with van der Waals surface area (Å²) in [4.78, 5) is 11.6. The predicted molar refractivity (Wildman–Crippen MR) is 62.5 cm³/mol. The van der Waals surface area contributed by atoms with Crippen molar-refractivity contribution in [3.8, 4) is 0 Å². The fourth-order valence-corrected chi connectivity index (χ4v) is 1.21. The first-order valence-corrected chi connectivity index (χ1v) is 5.57. The van der Waals surface area contributed by atoms with Crippen molar-refractivity contribution in [3.05, 3.63) is 11.6 Å². The molecule has 0 aliphatic heterocycles. The maximum absolute atomic E-state index is 11.6. The van der Waals surface area contributed by atoms with E-state index in [1.165, 1.54) is 0 Å². The second-order valence-electron chi connectivity index (χ2n) is 4.62. The second kappa shape index (κ2) is 6.62. The Morgan fingerprint density at radius 2 is 1.87 bits per heavy atom. The summed E-state index contributed by atoms with van der Waals surface area (Å²) in [5, 5.41) is 0. The van der Waals surface area contributed by atoms with Gasteiger partial charge in [-0.15, -0.1) is 0 Å². The number of carbonyl (C=O) groups excluding carboxylic acids is 1. The van der Waals surface area contributed by atoms with Gasteiger partial charge in [-0.25, -0.2) is 4.79 Å². The molecule has 0 saturated carbocycles. The SMILES string of the molecule is CCC=C(CC[N+](C)(C)C)C(=O)OCC. The summed E-state index contributed by atoms with van der Waals surface area (Å²) < 4.78 is 5.87. The van der Waals surface area contributed by atoms with E-state index in [9.17, 15) is 4.79 Å². The van der Waals surface area contributed by atoms with Crippen LogP contribution >= 0.6 is 0 Å². The summed E-state index contributed by atoms with van der Waals surface area (Å²) in [6.07, 6.45) is 3.63. The summed E-state index contributed by atoms with van der Waals surface area (Å²) in [5.41, 5.74) is 0.812. The zero-order chi connectivity index (χ0) is 11.9. The molecule has 0 saturated heterocycles. The Labute approximate surface area is 93.3 Å². The Morgan fingerprint density at radius 1 is 1.27 bits per heavy atom. The Hall–Kier alpha value is -0.830. The van der Waals surface area contributed by atoms with E-state index in [4.69, 9.17) is 4.74 Å². The number of allylic oxidation sites excluding steroid dienone is 1. The Balaban J connectivity index is 4.30. The number of hydrogen-bond acceptors (Lipinski definition) is 2. The smallest absolute Gasteiger partial charge is 0.333 e. The van der Waals surface area contributed by atoms with Gasteiger partial charge in [0.2, 0.25) is 0 Å². The van der Waals surface area contributed by atoms with E-state index in [-0.39, 0.29) is 5.97 Å². The molecule has 88 valence electrons. The van der Waals surface area contributed by atoms with E-state index in [0.29, 0.717) is 6.61 Å². The van der Waals surface area contributed by atoms with Gasteiger partial charge < -0.3 is 9.22 Å². The van der Waals surface area contributed by atoms with Crippen molar-refractivity contribution in [2.24, 2.45) is 0 Å². The van der Waals surface area contributed by atoms with Gasteiger partial charge in [0.1, 0.15) is 0 Å². The third-order valence-corrected chi connectivity index (χ3v) is 2.04. The molecule has 0 amide bonds. The van der Waals surface area contributed by atoms with Crippen molar-refractivity contribution in [2.45, 2.75) is 26.7 Å². The van der Waals surface area contributed by atoms with Crippen LogP contribution in [0.1, 0.15) is 26.7 Å². The molecule has 0 heterocycles. The number of quaternary nitrogens is 1. The third kappa shape index (κ3) is 7.14. The normalized spacial score (nSPS) is 12.7. The molecule has 0 aromatic rings. The molecule has 0 bridgehead atoms. The summed E-state index contributed by atoms with van der Waals surface area (Å²) in [6, 6.07) is 0. The maximum Gasteiger partial charge on any atom is 0.333 e. The van der Waals surface area contributed by atoms with Crippen LogP contribution in [0.25, 0.3) is 0 Å². The van der Waals surface area contributed by atoms with Gasteiger partial charge in [0.05, 0.1) is 34.3 Å². The van der Waals surface area contributed by atoms with Gasteiger partial charge in [0.25, 0.3) is 0 Å². The zero-order valence-corrected chi connectivity index (χ0v) is 10.7. The fourth-order valence-electron chi connectivity index (χ4n) is 1.21. The van der Waals surface area contributed by atoms with Crippen LogP contribution in [-0.2, 0) is 9.53 Å². The molecular weight excluding hydrogens is 190 g/mol. The van der Waals surface area contributed by atoms with Gasteiger partial charge >= 0.3 is 5.97 Å². The van der Waals surface area contributed by atoms with Gasteiger partial charge in [-0.1, -0.05) is 13.0 Å². The van der Waals surface area contributed by atoms with E-state index in [1.807, 2.05) is 19.9 Å². The largest absolute Gasteiger partial charge is 0.463 e. The molecule has 0 spiro atoms. The lowest BCUT2D eigenvalue weighted by atomic mass is 10.1. The summed E-state index contributed by atoms with van der Waals surface area (Å²) in [6.45, 7) is 5.27. The first kappa shape index (κ1) is 14.2. The highest BCUT2D eigenvalue weighted by Gasteiger charge is 2.14. The lowest BCUT2D eigenvalue weighted by molar-refractivity contribution is -0.870. The van der Waals surface area contributed by atoms with Crippen molar-refractivity contribution >= 4 is 5.97 Å². The van der Waals surface area contributed by atoms with Crippen molar-refractivity contribution < 1.29 is 14.0 Å². The van der Waals surface area contributed by atoms with Gasteiger partial charge in [-0.05, 0) is 13.3 Å². The highest BCUT2D eigenvalue weighted by molar-refractivity contribution is 5.88. The van der Waals surface area contributed by atoms with Crippen molar-refractivity contribution in [1.29, 1.82) is 0 Å². The first-order chi connectivity index (χ1) is 6.90. The average molecular weight is 214 g/mol. The van der Waals surface area contributed by atoms with E-state index in [2.05, 4.69) is 21.1 Å². The predicted octanol–water partition coefficient (Wildman–Crippen LogP) is 1.98. The first-order valence-electron chi connectivity index (χ1n) is 5.57. The Kier molecular flexibility index (Phi) is 6.25. The molecule has 0 unspecified atom stereocenters. The molecule has 0 aliphatic carbocycles. The number of esters is 1. The summed E-state index contributed by atoms with van der Waals surface area (Å²) in [5.74, 6) is -0.159. The van der Waals surface area contributed by atoms with Crippen molar-refractivity contribution in [1.82, 2.24) is 0 Å². The number of ether oxygens (including phenoxy) is 1. The minimum Gasteiger partial charge on any atom is -0.463 e. The highest BCUT2D eigenvalue weighted by atomic mass is 16.5. The molecule has 0 radical (unpaired) electrons. The molecule has 0 aliphatic rings. The molecule has 3 heteroatoms. The Bertz CT molecular complexity index is 226. The molecule has 0 atom stereocenters. The molecule has 0 aromatic heterocycles. The lowest BCUT2D eigenvalue weighted by Crippen LogP contribution is -2.35.